The fourth-order valence-electron chi connectivity index (χ4n) is 2.43. The van der Waals surface area contributed by atoms with Crippen molar-refractivity contribution < 1.29 is 9.72 Å². The van der Waals surface area contributed by atoms with E-state index in [4.69, 9.17) is 11.6 Å². The van der Waals surface area contributed by atoms with Gasteiger partial charge in [-0.15, -0.1) is 0 Å². The Bertz CT molecular complexity index is 999. The lowest BCUT2D eigenvalue weighted by Gasteiger charge is -2.07. The molecule has 0 unspecified atom stereocenters. The second-order valence-corrected chi connectivity index (χ2v) is 6.06. The average Bonchev–Trinajstić information content (AvgIpc) is 3.08. The van der Waals surface area contributed by atoms with E-state index in [1.54, 1.807) is 23.0 Å². The molecule has 1 heterocycles. The van der Waals surface area contributed by atoms with Crippen LogP contribution in [0.4, 0.5) is 11.5 Å². The number of carbonyl (C=O) groups excluding carboxylic acids is 1. The number of benzene rings is 2. The summed E-state index contributed by atoms with van der Waals surface area (Å²) in [6.07, 6.45) is 4.38. The van der Waals surface area contributed by atoms with Crippen LogP contribution in [0.3, 0.4) is 0 Å². The van der Waals surface area contributed by atoms with E-state index in [1.807, 2.05) is 30.3 Å². The first-order valence-corrected chi connectivity index (χ1v) is 8.39. The van der Waals surface area contributed by atoms with Gasteiger partial charge in [0, 0.05) is 18.2 Å². The van der Waals surface area contributed by atoms with Crippen molar-refractivity contribution in [2.24, 2.45) is 0 Å². The van der Waals surface area contributed by atoms with E-state index < -0.39 is 4.92 Å². The maximum Gasteiger partial charge on any atom is 0.288 e. The fraction of sp³-hybridized carbons (Fsp3) is 0.0526. The molecule has 7 nitrogen and oxygen atoms in total. The lowest BCUT2D eigenvalue weighted by molar-refractivity contribution is -0.384. The Hall–Kier alpha value is -3.45. The number of nitro benzene ring substituents is 1. The minimum atomic E-state index is -0.568. The zero-order valence-electron chi connectivity index (χ0n) is 14.1. The molecule has 0 saturated heterocycles. The smallest absolute Gasteiger partial charge is 0.288 e. The van der Waals surface area contributed by atoms with Crippen molar-refractivity contribution in [3.8, 4) is 0 Å². The number of carbonyl (C=O) groups is 1. The minimum absolute atomic E-state index is 0.0476. The number of amides is 1. The van der Waals surface area contributed by atoms with Crippen LogP contribution in [-0.2, 0) is 11.3 Å². The van der Waals surface area contributed by atoms with Gasteiger partial charge in [-0.25, -0.2) is 4.68 Å². The highest BCUT2D eigenvalue weighted by molar-refractivity contribution is 6.32. The second-order valence-electron chi connectivity index (χ2n) is 5.65. The lowest BCUT2D eigenvalue weighted by Crippen LogP contribution is -2.13. The van der Waals surface area contributed by atoms with Crippen LogP contribution >= 0.6 is 11.6 Å². The van der Waals surface area contributed by atoms with Gasteiger partial charge in [-0.2, -0.15) is 5.10 Å². The molecule has 0 fully saturated rings. The highest BCUT2D eigenvalue weighted by Crippen LogP contribution is 2.25. The minimum Gasteiger partial charge on any atom is -0.307 e. The van der Waals surface area contributed by atoms with Crippen molar-refractivity contribution in [2.45, 2.75) is 6.54 Å². The van der Waals surface area contributed by atoms with Crippen LogP contribution in [0, 0.1) is 10.1 Å². The molecule has 0 spiro atoms. The van der Waals surface area contributed by atoms with Crippen molar-refractivity contribution in [3.63, 3.8) is 0 Å². The summed E-state index contributed by atoms with van der Waals surface area (Å²) >= 11 is 5.78. The highest BCUT2D eigenvalue weighted by atomic mass is 35.5. The van der Waals surface area contributed by atoms with Crippen molar-refractivity contribution in [1.82, 2.24) is 9.78 Å². The molecule has 3 aromatic rings. The third kappa shape index (κ3) is 4.80. The largest absolute Gasteiger partial charge is 0.307 e. The average molecular weight is 383 g/mol. The van der Waals surface area contributed by atoms with Crippen molar-refractivity contribution in [3.05, 3.63) is 93.1 Å². The van der Waals surface area contributed by atoms with Crippen LogP contribution in [0.5, 0.6) is 0 Å². The molecule has 1 N–H and O–H groups in total. The summed E-state index contributed by atoms with van der Waals surface area (Å²) in [5, 5.41) is 17.9. The number of hydrogen-bond acceptors (Lipinski definition) is 4. The molecule has 1 aromatic heterocycles. The number of anilines is 1. The van der Waals surface area contributed by atoms with E-state index in [0.717, 1.165) is 5.56 Å². The van der Waals surface area contributed by atoms with E-state index >= 15 is 0 Å². The Balaban J connectivity index is 1.68. The molecule has 1 amide bonds. The summed E-state index contributed by atoms with van der Waals surface area (Å²) in [6.45, 7) is 0.524. The summed E-state index contributed by atoms with van der Waals surface area (Å²) in [4.78, 5) is 22.5. The predicted molar refractivity (Wildman–Crippen MR) is 104 cm³/mol. The molecule has 136 valence electrons. The van der Waals surface area contributed by atoms with Gasteiger partial charge in [0.1, 0.15) is 10.8 Å². The Morgan fingerprint density at radius 1 is 1.22 bits per heavy atom. The van der Waals surface area contributed by atoms with E-state index in [2.05, 4.69) is 10.4 Å². The van der Waals surface area contributed by atoms with Crippen LogP contribution in [-0.4, -0.2) is 20.6 Å². The quantitative estimate of drug-likeness (QED) is 0.394. The summed E-state index contributed by atoms with van der Waals surface area (Å²) in [5.74, 6) is 0.179. The van der Waals surface area contributed by atoms with Crippen LogP contribution in [0.15, 0.2) is 66.9 Å². The Morgan fingerprint density at radius 2 is 2.00 bits per heavy atom. The van der Waals surface area contributed by atoms with Crippen molar-refractivity contribution in [1.29, 1.82) is 0 Å². The molecule has 8 heteroatoms. The first-order valence-electron chi connectivity index (χ1n) is 8.01. The fourth-order valence-corrected chi connectivity index (χ4v) is 2.62. The number of rotatable bonds is 6. The molecule has 0 bridgehead atoms. The third-order valence-corrected chi connectivity index (χ3v) is 4.06. The van der Waals surface area contributed by atoms with Crippen LogP contribution < -0.4 is 5.32 Å². The molecule has 0 radical (unpaired) electrons. The first-order chi connectivity index (χ1) is 13.0. The van der Waals surface area contributed by atoms with Gasteiger partial charge < -0.3 is 5.32 Å². The number of aromatic nitrogens is 2. The van der Waals surface area contributed by atoms with Gasteiger partial charge in [-0.05, 0) is 23.3 Å². The van der Waals surface area contributed by atoms with E-state index in [1.165, 1.54) is 24.3 Å². The van der Waals surface area contributed by atoms with Crippen molar-refractivity contribution >= 4 is 35.1 Å². The Morgan fingerprint density at radius 3 is 2.74 bits per heavy atom. The number of nitrogens with zero attached hydrogens (tertiary/aromatic N) is 3. The zero-order valence-corrected chi connectivity index (χ0v) is 14.8. The molecular formula is C19H15ClN4O3. The second kappa shape index (κ2) is 8.29. The number of nitrogens with one attached hydrogen (secondary N) is 1. The molecule has 0 aliphatic carbocycles. The summed E-state index contributed by atoms with van der Waals surface area (Å²) in [7, 11) is 0. The maximum absolute atomic E-state index is 12.2. The van der Waals surface area contributed by atoms with Gasteiger partial charge >= 0.3 is 0 Å². The monoisotopic (exact) mass is 382 g/mol. The maximum atomic E-state index is 12.2. The molecule has 27 heavy (non-hydrogen) atoms. The van der Waals surface area contributed by atoms with E-state index in [-0.39, 0.29) is 16.6 Å². The number of nitro groups is 1. The molecule has 0 aliphatic rings. The highest BCUT2D eigenvalue weighted by Gasteiger charge is 2.12. The normalized spacial score (nSPS) is 10.9. The first kappa shape index (κ1) is 18.3. The predicted octanol–water partition coefficient (Wildman–Crippen LogP) is 4.14. The number of hydrogen-bond donors (Lipinski definition) is 1. The summed E-state index contributed by atoms with van der Waals surface area (Å²) in [6, 6.07) is 15.8. The standard InChI is InChI=1S/C19H15ClN4O3/c20-16-8-6-14(12-17(16)24(26)27)7-9-19(25)22-18-10-11-21-23(18)13-15-4-2-1-3-5-15/h1-12H,13H2,(H,22,25). The van der Waals surface area contributed by atoms with Gasteiger partial charge in [0.2, 0.25) is 5.91 Å². The van der Waals surface area contributed by atoms with Crippen LogP contribution in [0.2, 0.25) is 5.02 Å². The number of halogens is 1. The van der Waals surface area contributed by atoms with Gasteiger partial charge in [-0.1, -0.05) is 48.0 Å². The summed E-state index contributed by atoms with van der Waals surface area (Å²) in [5.41, 5.74) is 1.35. The molecule has 0 atom stereocenters. The van der Waals surface area contributed by atoms with Gasteiger partial charge in [0.15, 0.2) is 0 Å². The topological polar surface area (TPSA) is 90.1 Å². The Labute approximate surface area is 160 Å². The SMILES string of the molecule is O=C(C=Cc1ccc(Cl)c([N+](=O)[O-])c1)Nc1ccnn1Cc1ccccc1. The summed E-state index contributed by atoms with van der Waals surface area (Å²) < 4.78 is 1.67. The molecule has 2 aromatic carbocycles. The third-order valence-electron chi connectivity index (χ3n) is 3.74. The molecular weight excluding hydrogens is 368 g/mol. The van der Waals surface area contributed by atoms with Crippen molar-refractivity contribution in [2.75, 3.05) is 5.32 Å². The van der Waals surface area contributed by atoms with Gasteiger partial charge in [-0.3, -0.25) is 14.9 Å². The Kier molecular flexibility index (Phi) is 5.63. The van der Waals surface area contributed by atoms with Gasteiger partial charge in [0.05, 0.1) is 17.7 Å². The molecule has 0 saturated carbocycles. The lowest BCUT2D eigenvalue weighted by atomic mass is 10.2. The molecule has 3 rings (SSSR count). The molecule has 0 aliphatic heterocycles. The van der Waals surface area contributed by atoms with E-state index in [0.29, 0.717) is 17.9 Å². The van der Waals surface area contributed by atoms with Gasteiger partial charge in [0.25, 0.3) is 5.69 Å². The van der Waals surface area contributed by atoms with Crippen LogP contribution in [0.25, 0.3) is 6.08 Å². The van der Waals surface area contributed by atoms with Crippen LogP contribution in [0.1, 0.15) is 11.1 Å². The van der Waals surface area contributed by atoms with E-state index in [9.17, 15) is 14.9 Å². The zero-order chi connectivity index (χ0) is 19.2.